The first kappa shape index (κ1) is 13.5. The van der Waals surface area contributed by atoms with Crippen LogP contribution in [0.4, 0.5) is 8.78 Å². The lowest BCUT2D eigenvalue weighted by atomic mass is 10.0. The first-order valence-corrected chi connectivity index (χ1v) is 6.24. The molecule has 2 aromatic carbocycles. The third-order valence-electron chi connectivity index (χ3n) is 2.53. The molecule has 0 fully saturated rings. The summed E-state index contributed by atoms with van der Waals surface area (Å²) >= 11 is 8.98. The molecule has 1 nitrogen and oxygen atoms in total. The quantitative estimate of drug-likeness (QED) is 0.860. The van der Waals surface area contributed by atoms with E-state index in [1.54, 1.807) is 12.1 Å². The number of aliphatic hydroxyl groups is 1. The molecule has 0 aliphatic heterocycles. The molecule has 2 aromatic rings. The Morgan fingerprint density at radius 1 is 1.11 bits per heavy atom. The smallest absolute Gasteiger partial charge is 0.132 e. The summed E-state index contributed by atoms with van der Waals surface area (Å²) in [6.45, 7) is 0. The Kier molecular flexibility index (Phi) is 4.00. The maximum Gasteiger partial charge on any atom is 0.132 e. The van der Waals surface area contributed by atoms with E-state index >= 15 is 0 Å². The number of halogens is 4. The number of benzene rings is 2. The van der Waals surface area contributed by atoms with Gasteiger partial charge in [-0.25, -0.2) is 8.78 Å². The van der Waals surface area contributed by atoms with Gasteiger partial charge in [-0.15, -0.1) is 0 Å². The van der Waals surface area contributed by atoms with Crippen LogP contribution in [0.5, 0.6) is 0 Å². The maximum absolute atomic E-state index is 13.6. The third-order valence-corrected chi connectivity index (χ3v) is 3.45. The van der Waals surface area contributed by atoms with E-state index in [0.717, 1.165) is 12.1 Å². The second kappa shape index (κ2) is 5.34. The second-order valence-corrected chi connectivity index (χ2v) is 4.99. The van der Waals surface area contributed by atoms with Gasteiger partial charge in [0.15, 0.2) is 0 Å². The van der Waals surface area contributed by atoms with Crippen molar-refractivity contribution >= 4 is 27.5 Å². The Labute approximate surface area is 116 Å². The van der Waals surface area contributed by atoms with Crippen LogP contribution in [0.2, 0.25) is 5.02 Å². The van der Waals surface area contributed by atoms with Crippen molar-refractivity contribution in [1.29, 1.82) is 0 Å². The van der Waals surface area contributed by atoms with Crippen LogP contribution in [0.25, 0.3) is 0 Å². The number of aliphatic hydroxyl groups excluding tert-OH is 1. The predicted octanol–water partition coefficient (Wildman–Crippen LogP) is 4.46. The Morgan fingerprint density at radius 2 is 1.72 bits per heavy atom. The predicted molar refractivity (Wildman–Crippen MR) is 69.6 cm³/mol. The molecular weight excluding hydrogens is 325 g/mol. The molecule has 1 atom stereocenters. The third kappa shape index (κ3) is 2.55. The molecule has 0 spiro atoms. The zero-order valence-corrected chi connectivity index (χ0v) is 11.3. The number of hydrogen-bond donors (Lipinski definition) is 1. The van der Waals surface area contributed by atoms with Gasteiger partial charge in [-0.05, 0) is 29.8 Å². The van der Waals surface area contributed by atoms with E-state index in [9.17, 15) is 13.9 Å². The first-order valence-electron chi connectivity index (χ1n) is 5.07. The Balaban J connectivity index is 2.51. The van der Waals surface area contributed by atoms with Gasteiger partial charge in [0, 0.05) is 9.50 Å². The van der Waals surface area contributed by atoms with Crippen LogP contribution in [-0.2, 0) is 0 Å². The fourth-order valence-corrected chi connectivity index (χ4v) is 2.55. The van der Waals surface area contributed by atoms with Crippen LogP contribution in [0.3, 0.4) is 0 Å². The molecule has 0 radical (unpaired) electrons. The highest BCUT2D eigenvalue weighted by Gasteiger charge is 2.21. The Morgan fingerprint density at radius 3 is 2.28 bits per heavy atom. The van der Waals surface area contributed by atoms with Crippen molar-refractivity contribution in [3.05, 3.63) is 68.7 Å². The van der Waals surface area contributed by atoms with E-state index in [4.69, 9.17) is 11.6 Å². The molecule has 5 heteroatoms. The second-order valence-electron chi connectivity index (χ2n) is 3.70. The van der Waals surface area contributed by atoms with E-state index in [1.165, 1.54) is 12.1 Å². The van der Waals surface area contributed by atoms with Crippen molar-refractivity contribution in [2.45, 2.75) is 6.10 Å². The molecule has 0 aromatic heterocycles. The van der Waals surface area contributed by atoms with Gasteiger partial charge in [0.25, 0.3) is 0 Å². The van der Waals surface area contributed by atoms with Crippen molar-refractivity contribution < 1.29 is 13.9 Å². The molecule has 1 N–H and O–H groups in total. The van der Waals surface area contributed by atoms with E-state index in [0.29, 0.717) is 15.1 Å². The van der Waals surface area contributed by atoms with E-state index in [1.807, 2.05) is 0 Å². The monoisotopic (exact) mass is 332 g/mol. The zero-order chi connectivity index (χ0) is 13.3. The van der Waals surface area contributed by atoms with Crippen molar-refractivity contribution in [2.24, 2.45) is 0 Å². The van der Waals surface area contributed by atoms with Gasteiger partial charge in [-0.1, -0.05) is 39.7 Å². The van der Waals surface area contributed by atoms with Crippen molar-refractivity contribution in [2.75, 3.05) is 0 Å². The maximum atomic E-state index is 13.6. The van der Waals surface area contributed by atoms with Crippen LogP contribution in [-0.4, -0.2) is 5.11 Å². The molecule has 0 aliphatic carbocycles. The van der Waals surface area contributed by atoms with E-state index in [2.05, 4.69) is 15.9 Å². The SMILES string of the molecule is OC(c1ccc(Cl)cc1Br)c1c(F)cccc1F. The molecular formula is C13H8BrClF2O. The average molecular weight is 334 g/mol. The average Bonchev–Trinajstić information content (AvgIpc) is 2.28. The molecule has 18 heavy (non-hydrogen) atoms. The summed E-state index contributed by atoms with van der Waals surface area (Å²) in [5.74, 6) is -1.58. The summed E-state index contributed by atoms with van der Waals surface area (Å²) in [6.07, 6.45) is -1.39. The molecule has 0 aliphatic rings. The molecule has 1 unspecified atom stereocenters. The van der Waals surface area contributed by atoms with E-state index in [-0.39, 0.29) is 5.56 Å². The Hall–Kier alpha value is -0.970. The van der Waals surface area contributed by atoms with Gasteiger partial charge in [0.2, 0.25) is 0 Å². The van der Waals surface area contributed by atoms with Gasteiger partial charge in [-0.3, -0.25) is 0 Å². The van der Waals surface area contributed by atoms with Gasteiger partial charge >= 0.3 is 0 Å². The van der Waals surface area contributed by atoms with Crippen molar-refractivity contribution in [3.8, 4) is 0 Å². The molecule has 2 rings (SSSR count). The largest absolute Gasteiger partial charge is 0.383 e. The van der Waals surface area contributed by atoms with Crippen LogP contribution in [0, 0.1) is 11.6 Å². The van der Waals surface area contributed by atoms with Gasteiger partial charge in [0.1, 0.15) is 17.7 Å². The fourth-order valence-electron chi connectivity index (χ4n) is 1.65. The van der Waals surface area contributed by atoms with Crippen LogP contribution < -0.4 is 0 Å². The first-order chi connectivity index (χ1) is 8.50. The normalized spacial score (nSPS) is 12.5. The minimum absolute atomic E-state index is 0.350. The highest BCUT2D eigenvalue weighted by molar-refractivity contribution is 9.10. The van der Waals surface area contributed by atoms with Gasteiger partial charge in [0.05, 0.1) is 5.56 Å². The summed E-state index contributed by atoms with van der Waals surface area (Å²) in [5.41, 5.74) is -0.0241. The molecule has 0 bridgehead atoms. The van der Waals surface area contributed by atoms with Crippen molar-refractivity contribution in [1.82, 2.24) is 0 Å². The lowest BCUT2D eigenvalue weighted by Gasteiger charge is -2.15. The van der Waals surface area contributed by atoms with Gasteiger partial charge in [-0.2, -0.15) is 0 Å². The number of hydrogen-bond acceptors (Lipinski definition) is 1. The number of rotatable bonds is 2. The minimum atomic E-state index is -1.39. The highest BCUT2D eigenvalue weighted by Crippen LogP contribution is 2.32. The molecule has 94 valence electrons. The molecule has 0 saturated heterocycles. The van der Waals surface area contributed by atoms with Gasteiger partial charge < -0.3 is 5.11 Å². The molecule has 0 saturated carbocycles. The molecule has 0 amide bonds. The zero-order valence-electron chi connectivity index (χ0n) is 9.00. The topological polar surface area (TPSA) is 20.2 Å². The van der Waals surface area contributed by atoms with Crippen molar-refractivity contribution in [3.63, 3.8) is 0 Å². The Bertz CT molecular complexity index is 569. The summed E-state index contributed by atoms with van der Waals surface area (Å²) < 4.78 is 27.6. The highest BCUT2D eigenvalue weighted by atomic mass is 79.9. The van der Waals surface area contributed by atoms with E-state index < -0.39 is 17.7 Å². The van der Waals surface area contributed by atoms with Crippen LogP contribution >= 0.6 is 27.5 Å². The molecule has 0 heterocycles. The standard InChI is InChI=1S/C13H8BrClF2O/c14-9-6-7(15)4-5-8(9)13(18)12-10(16)2-1-3-11(12)17/h1-6,13,18H. The summed E-state index contributed by atoms with van der Waals surface area (Å²) in [5, 5.41) is 10.5. The minimum Gasteiger partial charge on any atom is -0.383 e. The fraction of sp³-hybridized carbons (Fsp3) is 0.0769. The summed E-state index contributed by atoms with van der Waals surface area (Å²) in [4.78, 5) is 0. The lowest BCUT2D eigenvalue weighted by molar-refractivity contribution is 0.208. The summed E-state index contributed by atoms with van der Waals surface area (Å²) in [6, 6.07) is 8.07. The summed E-state index contributed by atoms with van der Waals surface area (Å²) in [7, 11) is 0. The van der Waals surface area contributed by atoms with Crippen LogP contribution in [0.15, 0.2) is 40.9 Å². The lowest BCUT2D eigenvalue weighted by Crippen LogP contribution is -2.06. The van der Waals surface area contributed by atoms with Crippen LogP contribution in [0.1, 0.15) is 17.2 Å².